The number of pyridine rings is 1. The Morgan fingerprint density at radius 2 is 1.78 bits per heavy atom. The Labute approximate surface area is 186 Å². The van der Waals surface area contributed by atoms with E-state index in [1.54, 1.807) is 12.4 Å². The molecule has 3 heterocycles. The summed E-state index contributed by atoms with van der Waals surface area (Å²) >= 11 is 0. The fourth-order valence-electron chi connectivity index (χ4n) is 4.10. The molecular weight excluding hydrogens is 398 g/mol. The van der Waals surface area contributed by atoms with Crippen molar-refractivity contribution in [3.63, 3.8) is 0 Å². The number of nitrogens with zero attached hydrogens (tertiary/aromatic N) is 6. The second kappa shape index (κ2) is 8.34. The Hall–Kier alpha value is -3.87. The molecule has 0 aliphatic rings. The van der Waals surface area contributed by atoms with Gasteiger partial charge in [-0.15, -0.1) is 5.10 Å². The van der Waals surface area contributed by atoms with Crippen LogP contribution in [0.5, 0.6) is 0 Å². The van der Waals surface area contributed by atoms with E-state index in [0.29, 0.717) is 5.82 Å². The Balaban J connectivity index is 1.50. The van der Waals surface area contributed by atoms with Crippen LogP contribution in [0, 0.1) is 13.8 Å². The Morgan fingerprint density at radius 3 is 2.53 bits per heavy atom. The zero-order valence-corrected chi connectivity index (χ0v) is 18.5. The van der Waals surface area contributed by atoms with Crippen LogP contribution in [-0.4, -0.2) is 35.2 Å². The number of hydrogen-bond donors (Lipinski definition) is 1. The zero-order valence-electron chi connectivity index (χ0n) is 18.5. The molecule has 5 rings (SSSR count). The molecule has 0 atom stereocenters. The highest BCUT2D eigenvalue weighted by Gasteiger charge is 2.14. The van der Waals surface area contributed by atoms with Gasteiger partial charge in [0.1, 0.15) is 5.82 Å². The number of hydrogen-bond acceptors (Lipinski definition) is 5. The quantitative estimate of drug-likeness (QED) is 0.420. The molecule has 160 valence electrons. The first kappa shape index (κ1) is 20.1. The number of imidazole rings is 1. The van der Waals surface area contributed by atoms with Gasteiger partial charge in [-0.3, -0.25) is 4.98 Å². The lowest BCUT2D eigenvalue weighted by Gasteiger charge is -2.11. The molecular formula is C25H25N7. The van der Waals surface area contributed by atoms with E-state index >= 15 is 0 Å². The first-order valence-electron chi connectivity index (χ1n) is 10.9. The normalized spacial score (nSPS) is 11.3. The van der Waals surface area contributed by atoms with E-state index in [0.717, 1.165) is 47.4 Å². The molecule has 5 aromatic rings. The maximum absolute atomic E-state index is 4.94. The highest BCUT2D eigenvalue weighted by molar-refractivity contribution is 5.80. The predicted octanol–water partition coefficient (Wildman–Crippen LogP) is 4.90. The van der Waals surface area contributed by atoms with Crippen molar-refractivity contribution in [2.45, 2.75) is 40.2 Å². The minimum absolute atomic E-state index is 0.608. The van der Waals surface area contributed by atoms with Gasteiger partial charge in [-0.2, -0.15) is 0 Å². The number of benzene rings is 2. The largest absolute Gasteiger partial charge is 0.323 e. The van der Waals surface area contributed by atoms with Gasteiger partial charge in [-0.05, 0) is 76.7 Å². The SMILES string of the molecule is CCCc1nc2cc(C)c(C)cc2n1Cc1ccc(-c2ccncc2-c2nnn[nH]2)cc1. The van der Waals surface area contributed by atoms with Crippen LogP contribution in [0.1, 0.15) is 35.9 Å². The summed E-state index contributed by atoms with van der Waals surface area (Å²) in [4.78, 5) is 9.18. The van der Waals surface area contributed by atoms with Crippen molar-refractivity contribution in [3.8, 4) is 22.5 Å². The van der Waals surface area contributed by atoms with Gasteiger partial charge in [0.15, 0.2) is 5.82 Å². The molecule has 1 N–H and O–H groups in total. The maximum Gasteiger partial charge on any atom is 0.181 e. The number of aromatic nitrogens is 7. The molecule has 0 aliphatic heterocycles. The molecule has 2 aromatic carbocycles. The number of rotatable bonds is 6. The molecule has 0 amide bonds. The minimum Gasteiger partial charge on any atom is -0.323 e. The summed E-state index contributed by atoms with van der Waals surface area (Å²) < 4.78 is 2.36. The van der Waals surface area contributed by atoms with E-state index in [9.17, 15) is 0 Å². The number of fused-ring (bicyclic) bond motifs is 1. The lowest BCUT2D eigenvalue weighted by molar-refractivity contribution is 0.722. The van der Waals surface area contributed by atoms with Gasteiger partial charge in [0.05, 0.1) is 11.0 Å². The highest BCUT2D eigenvalue weighted by atomic mass is 15.5. The van der Waals surface area contributed by atoms with Gasteiger partial charge in [-0.1, -0.05) is 31.2 Å². The average Bonchev–Trinajstić information content (AvgIpc) is 3.45. The summed E-state index contributed by atoms with van der Waals surface area (Å²) in [6, 6.07) is 15.1. The van der Waals surface area contributed by atoms with Crippen LogP contribution in [0.4, 0.5) is 0 Å². The predicted molar refractivity (Wildman–Crippen MR) is 125 cm³/mol. The molecule has 0 spiro atoms. The number of H-pyrrole nitrogens is 1. The van der Waals surface area contributed by atoms with Gasteiger partial charge in [0.25, 0.3) is 0 Å². The van der Waals surface area contributed by atoms with Crippen LogP contribution in [0.15, 0.2) is 54.9 Å². The van der Waals surface area contributed by atoms with E-state index in [1.165, 1.54) is 22.2 Å². The standard InChI is InChI=1S/C25H25N7/c1-4-5-24-27-22-12-16(2)17(3)13-23(22)32(24)15-18-6-8-19(9-7-18)20-10-11-26-14-21(20)25-28-30-31-29-25/h6-14H,4-5,15H2,1-3H3,(H,28,29,30,31). The van der Waals surface area contributed by atoms with E-state index in [-0.39, 0.29) is 0 Å². The first-order valence-corrected chi connectivity index (χ1v) is 10.9. The topological polar surface area (TPSA) is 85.2 Å². The van der Waals surface area contributed by atoms with Crippen molar-refractivity contribution in [1.82, 2.24) is 35.2 Å². The van der Waals surface area contributed by atoms with E-state index < -0.39 is 0 Å². The van der Waals surface area contributed by atoms with Crippen molar-refractivity contribution >= 4 is 11.0 Å². The molecule has 0 fully saturated rings. The minimum atomic E-state index is 0.608. The second-order valence-corrected chi connectivity index (χ2v) is 8.16. The fraction of sp³-hybridized carbons (Fsp3) is 0.240. The number of nitrogens with one attached hydrogen (secondary N) is 1. The molecule has 32 heavy (non-hydrogen) atoms. The first-order chi connectivity index (χ1) is 15.6. The third kappa shape index (κ3) is 3.66. The van der Waals surface area contributed by atoms with Crippen molar-refractivity contribution in [2.24, 2.45) is 0 Å². The monoisotopic (exact) mass is 423 g/mol. The summed E-state index contributed by atoms with van der Waals surface area (Å²) in [5.74, 6) is 1.75. The summed E-state index contributed by atoms with van der Waals surface area (Å²) in [5, 5.41) is 14.3. The molecule has 0 aliphatic carbocycles. The van der Waals surface area contributed by atoms with Crippen LogP contribution >= 0.6 is 0 Å². The van der Waals surface area contributed by atoms with Gasteiger partial charge < -0.3 is 4.57 Å². The lowest BCUT2D eigenvalue weighted by atomic mass is 10.00. The third-order valence-corrected chi connectivity index (χ3v) is 5.94. The van der Waals surface area contributed by atoms with Crippen LogP contribution in [0.3, 0.4) is 0 Å². The van der Waals surface area contributed by atoms with E-state index in [1.807, 2.05) is 6.07 Å². The molecule has 0 saturated carbocycles. The lowest BCUT2D eigenvalue weighted by Crippen LogP contribution is -2.05. The van der Waals surface area contributed by atoms with Crippen LogP contribution < -0.4 is 0 Å². The summed E-state index contributed by atoms with van der Waals surface area (Å²) in [7, 11) is 0. The van der Waals surface area contributed by atoms with Crippen molar-refractivity contribution in [2.75, 3.05) is 0 Å². The van der Waals surface area contributed by atoms with Gasteiger partial charge in [-0.25, -0.2) is 10.1 Å². The number of aromatic amines is 1. The van der Waals surface area contributed by atoms with E-state index in [2.05, 4.69) is 87.3 Å². The Kier molecular flexibility index (Phi) is 5.23. The molecule has 7 heteroatoms. The summed E-state index contributed by atoms with van der Waals surface area (Å²) in [5.41, 5.74) is 9.11. The van der Waals surface area contributed by atoms with Gasteiger partial charge in [0, 0.05) is 30.9 Å². The van der Waals surface area contributed by atoms with Crippen molar-refractivity contribution < 1.29 is 0 Å². The fourth-order valence-corrected chi connectivity index (χ4v) is 4.10. The second-order valence-electron chi connectivity index (χ2n) is 8.16. The average molecular weight is 424 g/mol. The van der Waals surface area contributed by atoms with Crippen molar-refractivity contribution in [3.05, 3.63) is 77.4 Å². The zero-order chi connectivity index (χ0) is 22.1. The summed E-state index contributed by atoms with van der Waals surface area (Å²) in [6.07, 6.45) is 5.61. The van der Waals surface area contributed by atoms with Gasteiger partial charge in [0.2, 0.25) is 0 Å². The number of aryl methyl sites for hydroxylation is 3. The Morgan fingerprint density at radius 1 is 0.969 bits per heavy atom. The smallest absolute Gasteiger partial charge is 0.181 e. The Bertz CT molecular complexity index is 1370. The maximum atomic E-state index is 4.94. The van der Waals surface area contributed by atoms with Crippen LogP contribution in [0.25, 0.3) is 33.5 Å². The molecule has 0 unspecified atom stereocenters. The molecule has 0 saturated heterocycles. The molecule has 7 nitrogen and oxygen atoms in total. The number of tetrazole rings is 1. The third-order valence-electron chi connectivity index (χ3n) is 5.94. The summed E-state index contributed by atoms with van der Waals surface area (Å²) in [6.45, 7) is 7.31. The molecule has 0 radical (unpaired) electrons. The molecule has 0 bridgehead atoms. The highest BCUT2D eigenvalue weighted by Crippen LogP contribution is 2.29. The van der Waals surface area contributed by atoms with Crippen LogP contribution in [-0.2, 0) is 13.0 Å². The van der Waals surface area contributed by atoms with Crippen molar-refractivity contribution in [1.29, 1.82) is 0 Å². The molecule has 3 aromatic heterocycles. The van der Waals surface area contributed by atoms with Gasteiger partial charge >= 0.3 is 0 Å². The van der Waals surface area contributed by atoms with E-state index in [4.69, 9.17) is 4.98 Å². The van der Waals surface area contributed by atoms with Crippen LogP contribution in [0.2, 0.25) is 0 Å².